The van der Waals surface area contributed by atoms with Crippen LogP contribution in [-0.2, 0) is 32.7 Å². The Labute approximate surface area is 168 Å². The Balaban J connectivity index is 1.42. The number of carbonyl (C=O) groups excluding carboxylic acids is 1. The van der Waals surface area contributed by atoms with Crippen LogP contribution in [0.15, 0.2) is 35.2 Å². The standard InChI is InChI=1S/C18H20N2O5S3/c21-18(17-10-12-2-1-3-16(12)26-17)19-13-4-6-15(7-5-13)28(24,25)20-14-8-9-27(22,23)11-14/h4-7,10,14,20H,1-3,8-9,11H2,(H,19,21)/t14-/m0/s1. The zero-order chi connectivity index (χ0) is 19.9. The third kappa shape index (κ3) is 4.14. The smallest absolute Gasteiger partial charge is 0.265 e. The quantitative estimate of drug-likeness (QED) is 0.739. The van der Waals surface area contributed by atoms with Crippen LogP contribution in [0.3, 0.4) is 0 Å². The highest BCUT2D eigenvalue weighted by molar-refractivity contribution is 7.92. The molecule has 4 rings (SSSR count). The van der Waals surface area contributed by atoms with Gasteiger partial charge in [-0.15, -0.1) is 11.3 Å². The molecular formula is C18H20N2O5S3. The second-order valence-corrected chi connectivity index (χ2v) is 12.2. The van der Waals surface area contributed by atoms with Gasteiger partial charge in [-0.3, -0.25) is 4.79 Å². The van der Waals surface area contributed by atoms with Crippen LogP contribution in [0.5, 0.6) is 0 Å². The summed E-state index contributed by atoms with van der Waals surface area (Å²) in [6.07, 6.45) is 3.45. The number of rotatable bonds is 5. The lowest BCUT2D eigenvalue weighted by atomic mass is 10.2. The molecule has 0 unspecified atom stereocenters. The molecule has 0 saturated carbocycles. The number of hydrogen-bond acceptors (Lipinski definition) is 6. The van der Waals surface area contributed by atoms with Gasteiger partial charge in [-0.2, -0.15) is 0 Å². The number of benzene rings is 1. The van der Waals surface area contributed by atoms with Crippen LogP contribution in [0.25, 0.3) is 0 Å². The highest BCUT2D eigenvalue weighted by atomic mass is 32.2. The van der Waals surface area contributed by atoms with E-state index >= 15 is 0 Å². The van der Waals surface area contributed by atoms with Crippen molar-refractivity contribution in [3.63, 3.8) is 0 Å². The lowest BCUT2D eigenvalue weighted by molar-refractivity contribution is 0.103. The lowest BCUT2D eigenvalue weighted by Gasteiger charge is -2.12. The first-order chi connectivity index (χ1) is 13.2. The predicted octanol–water partition coefficient (Wildman–Crippen LogP) is 1.95. The highest BCUT2D eigenvalue weighted by Crippen LogP contribution is 2.31. The summed E-state index contributed by atoms with van der Waals surface area (Å²) in [5, 5.41) is 2.79. The van der Waals surface area contributed by atoms with E-state index in [4.69, 9.17) is 0 Å². The van der Waals surface area contributed by atoms with Crippen molar-refractivity contribution in [3.05, 3.63) is 45.6 Å². The molecule has 10 heteroatoms. The molecule has 7 nitrogen and oxygen atoms in total. The Hall–Kier alpha value is -1.75. The summed E-state index contributed by atoms with van der Waals surface area (Å²) in [6, 6.07) is 7.18. The summed E-state index contributed by atoms with van der Waals surface area (Å²) in [5.74, 6) is -0.382. The van der Waals surface area contributed by atoms with Gasteiger partial charge in [-0.05, 0) is 61.6 Å². The summed E-state index contributed by atoms with van der Waals surface area (Å²) < 4.78 is 50.3. The van der Waals surface area contributed by atoms with E-state index in [0.717, 1.165) is 19.3 Å². The molecule has 0 bridgehead atoms. The number of sulfone groups is 1. The van der Waals surface area contributed by atoms with Gasteiger partial charge >= 0.3 is 0 Å². The zero-order valence-corrected chi connectivity index (χ0v) is 17.4. The molecule has 1 aliphatic heterocycles. The Morgan fingerprint density at radius 1 is 1.14 bits per heavy atom. The van der Waals surface area contributed by atoms with Crippen LogP contribution in [0.2, 0.25) is 0 Å². The molecule has 2 N–H and O–H groups in total. The molecule has 1 aromatic heterocycles. The van der Waals surface area contributed by atoms with E-state index in [1.165, 1.54) is 46.0 Å². The van der Waals surface area contributed by atoms with E-state index in [-0.39, 0.29) is 28.7 Å². The number of sulfonamides is 1. The van der Waals surface area contributed by atoms with Crippen molar-refractivity contribution in [2.24, 2.45) is 0 Å². The number of anilines is 1. The van der Waals surface area contributed by atoms with Gasteiger partial charge in [-0.1, -0.05) is 0 Å². The minimum Gasteiger partial charge on any atom is -0.321 e. The van der Waals surface area contributed by atoms with Gasteiger partial charge in [0.25, 0.3) is 5.91 Å². The maximum Gasteiger partial charge on any atom is 0.265 e. The van der Waals surface area contributed by atoms with Gasteiger partial charge in [0.1, 0.15) is 0 Å². The van der Waals surface area contributed by atoms with Crippen molar-refractivity contribution in [3.8, 4) is 0 Å². The molecule has 0 radical (unpaired) electrons. The molecule has 1 aliphatic carbocycles. The minimum atomic E-state index is -3.81. The number of hydrogen-bond donors (Lipinski definition) is 2. The third-order valence-electron chi connectivity index (χ3n) is 4.95. The first-order valence-electron chi connectivity index (χ1n) is 8.98. The van der Waals surface area contributed by atoms with Gasteiger partial charge in [0.2, 0.25) is 10.0 Å². The number of thiophene rings is 1. The van der Waals surface area contributed by atoms with Crippen LogP contribution in [-0.4, -0.2) is 40.3 Å². The van der Waals surface area contributed by atoms with Crippen molar-refractivity contribution in [1.29, 1.82) is 0 Å². The molecule has 1 atom stereocenters. The maximum absolute atomic E-state index is 12.4. The van der Waals surface area contributed by atoms with Crippen LogP contribution in [0.4, 0.5) is 5.69 Å². The average molecular weight is 441 g/mol. The van der Waals surface area contributed by atoms with Crippen molar-refractivity contribution >= 4 is 42.8 Å². The third-order valence-corrected chi connectivity index (χ3v) is 9.49. The van der Waals surface area contributed by atoms with E-state index in [1.54, 1.807) is 0 Å². The maximum atomic E-state index is 12.4. The molecule has 2 aliphatic rings. The molecule has 28 heavy (non-hydrogen) atoms. The molecule has 0 spiro atoms. The molecule has 1 aromatic carbocycles. The van der Waals surface area contributed by atoms with Gasteiger partial charge < -0.3 is 5.32 Å². The summed E-state index contributed by atoms with van der Waals surface area (Å²) >= 11 is 1.51. The highest BCUT2D eigenvalue weighted by Gasteiger charge is 2.31. The molecule has 1 saturated heterocycles. The van der Waals surface area contributed by atoms with Crippen molar-refractivity contribution < 1.29 is 21.6 Å². The fourth-order valence-electron chi connectivity index (χ4n) is 3.53. The zero-order valence-electron chi connectivity index (χ0n) is 15.0. The summed E-state index contributed by atoms with van der Waals surface area (Å²) in [5.41, 5.74) is 1.75. The number of nitrogens with one attached hydrogen (secondary N) is 2. The first kappa shape index (κ1) is 19.6. The number of aryl methyl sites for hydroxylation is 2. The molecular weight excluding hydrogens is 420 g/mol. The number of amides is 1. The summed E-state index contributed by atoms with van der Waals surface area (Å²) in [7, 11) is -6.98. The number of fused-ring (bicyclic) bond motifs is 1. The Morgan fingerprint density at radius 3 is 2.54 bits per heavy atom. The molecule has 2 aromatic rings. The topological polar surface area (TPSA) is 109 Å². The Bertz CT molecular complexity index is 1100. The van der Waals surface area contributed by atoms with Crippen LogP contribution >= 0.6 is 11.3 Å². The molecule has 1 amide bonds. The van der Waals surface area contributed by atoms with E-state index in [9.17, 15) is 21.6 Å². The predicted molar refractivity (Wildman–Crippen MR) is 108 cm³/mol. The van der Waals surface area contributed by atoms with Crippen LogP contribution in [0.1, 0.15) is 33.0 Å². The van der Waals surface area contributed by atoms with Crippen LogP contribution < -0.4 is 10.0 Å². The minimum absolute atomic E-state index is 0.00267. The molecule has 1 fully saturated rings. The normalized spacial score (nSPS) is 20.8. The van der Waals surface area contributed by atoms with Crippen molar-refractivity contribution in [2.75, 3.05) is 16.8 Å². The largest absolute Gasteiger partial charge is 0.321 e. The summed E-state index contributed by atoms with van der Waals surface area (Å²) in [4.78, 5) is 14.4. The summed E-state index contributed by atoms with van der Waals surface area (Å²) in [6.45, 7) is 0. The first-order valence-corrected chi connectivity index (χ1v) is 13.1. The van der Waals surface area contributed by atoms with Gasteiger partial charge in [0.05, 0.1) is 21.3 Å². The van der Waals surface area contributed by atoms with E-state index in [2.05, 4.69) is 10.0 Å². The molecule has 150 valence electrons. The van der Waals surface area contributed by atoms with Crippen LogP contribution in [0, 0.1) is 0 Å². The SMILES string of the molecule is O=C(Nc1ccc(S(=O)(=O)N[C@H]2CCS(=O)(=O)C2)cc1)c1cc2c(s1)CCC2. The second-order valence-electron chi connectivity index (χ2n) is 7.11. The van der Waals surface area contributed by atoms with E-state index in [0.29, 0.717) is 10.6 Å². The van der Waals surface area contributed by atoms with E-state index in [1.807, 2.05) is 6.07 Å². The van der Waals surface area contributed by atoms with Crippen molar-refractivity contribution in [2.45, 2.75) is 36.6 Å². The monoisotopic (exact) mass is 440 g/mol. The van der Waals surface area contributed by atoms with Gasteiger partial charge in [0, 0.05) is 16.6 Å². The average Bonchev–Trinajstić information content (AvgIpc) is 3.29. The Morgan fingerprint density at radius 2 is 1.89 bits per heavy atom. The van der Waals surface area contributed by atoms with Crippen molar-refractivity contribution in [1.82, 2.24) is 4.72 Å². The van der Waals surface area contributed by atoms with Gasteiger partial charge in [0.15, 0.2) is 9.84 Å². The van der Waals surface area contributed by atoms with E-state index < -0.39 is 25.9 Å². The fourth-order valence-corrected chi connectivity index (χ4v) is 7.72. The van der Waals surface area contributed by atoms with Gasteiger partial charge in [-0.25, -0.2) is 21.6 Å². The fraction of sp³-hybridized carbons (Fsp3) is 0.389. The Kier molecular flexibility index (Phi) is 5.07. The lowest BCUT2D eigenvalue weighted by Crippen LogP contribution is -2.35. The number of carbonyl (C=O) groups is 1. The second kappa shape index (κ2) is 7.25. The molecule has 2 heterocycles.